The lowest BCUT2D eigenvalue weighted by molar-refractivity contribution is 0.0743. The number of carbonyl (C=O) groups is 1. The Kier molecular flexibility index (Phi) is 3.66. The molecule has 1 heterocycles. The van der Waals surface area contributed by atoms with Crippen LogP contribution in [0.2, 0.25) is 0 Å². The van der Waals surface area contributed by atoms with Crippen LogP contribution in [0.4, 0.5) is 4.39 Å². The number of halogens is 1. The Morgan fingerprint density at radius 1 is 1.56 bits per heavy atom. The Hall–Kier alpha value is -1.42. The minimum absolute atomic E-state index is 0.0997. The second-order valence-corrected chi connectivity index (χ2v) is 5.11. The van der Waals surface area contributed by atoms with Gasteiger partial charge < -0.3 is 10.6 Å². The molecule has 98 valence electrons. The highest BCUT2D eigenvalue weighted by atomic mass is 19.1. The zero-order chi connectivity index (χ0) is 13.3. The van der Waals surface area contributed by atoms with Gasteiger partial charge in [-0.1, -0.05) is 6.07 Å². The van der Waals surface area contributed by atoms with Gasteiger partial charge in [-0.3, -0.25) is 4.79 Å². The van der Waals surface area contributed by atoms with Crippen LogP contribution in [-0.2, 0) is 0 Å². The van der Waals surface area contributed by atoms with Gasteiger partial charge in [0.15, 0.2) is 0 Å². The summed E-state index contributed by atoms with van der Waals surface area (Å²) in [4.78, 5) is 14.1. The van der Waals surface area contributed by atoms with Crippen LogP contribution in [0.1, 0.15) is 29.3 Å². The average molecular weight is 250 g/mol. The van der Waals surface area contributed by atoms with E-state index in [-0.39, 0.29) is 17.8 Å². The topological polar surface area (TPSA) is 46.3 Å². The molecule has 3 nitrogen and oxygen atoms in total. The molecule has 1 aliphatic heterocycles. The van der Waals surface area contributed by atoms with Gasteiger partial charge >= 0.3 is 0 Å². The van der Waals surface area contributed by atoms with Gasteiger partial charge in [-0.25, -0.2) is 4.39 Å². The van der Waals surface area contributed by atoms with Crippen molar-refractivity contribution in [3.8, 4) is 0 Å². The van der Waals surface area contributed by atoms with Gasteiger partial charge in [0.1, 0.15) is 5.82 Å². The standard InChI is InChI=1S/C14H19FN2O/c1-9-3-4-12(6-13(9)15)14(18)17-8-11(7-16)5-10(17)2/h3-4,6,10-11H,5,7-8,16H2,1-2H3. The van der Waals surface area contributed by atoms with Crippen molar-refractivity contribution < 1.29 is 9.18 Å². The van der Waals surface area contributed by atoms with Gasteiger partial charge in [-0.05, 0) is 50.4 Å². The Morgan fingerprint density at radius 2 is 2.28 bits per heavy atom. The first-order valence-corrected chi connectivity index (χ1v) is 6.30. The van der Waals surface area contributed by atoms with Gasteiger partial charge in [-0.2, -0.15) is 0 Å². The van der Waals surface area contributed by atoms with E-state index in [1.165, 1.54) is 6.07 Å². The molecule has 1 fully saturated rings. The molecule has 0 aliphatic carbocycles. The van der Waals surface area contributed by atoms with Gasteiger partial charge in [-0.15, -0.1) is 0 Å². The smallest absolute Gasteiger partial charge is 0.254 e. The lowest BCUT2D eigenvalue weighted by Crippen LogP contribution is -2.34. The number of nitrogens with two attached hydrogens (primary N) is 1. The van der Waals surface area contributed by atoms with Crippen molar-refractivity contribution in [2.75, 3.05) is 13.1 Å². The summed E-state index contributed by atoms with van der Waals surface area (Å²) in [6.45, 7) is 4.97. The van der Waals surface area contributed by atoms with Crippen LogP contribution in [0.5, 0.6) is 0 Å². The summed E-state index contributed by atoms with van der Waals surface area (Å²) in [5.41, 5.74) is 6.62. The summed E-state index contributed by atoms with van der Waals surface area (Å²) in [5, 5.41) is 0. The zero-order valence-electron chi connectivity index (χ0n) is 10.8. The minimum atomic E-state index is -0.330. The first-order chi connectivity index (χ1) is 8.52. The van der Waals surface area contributed by atoms with E-state index in [9.17, 15) is 9.18 Å². The molecular formula is C14H19FN2O. The lowest BCUT2D eigenvalue weighted by atomic mass is 10.1. The van der Waals surface area contributed by atoms with Gasteiger partial charge in [0.2, 0.25) is 0 Å². The van der Waals surface area contributed by atoms with Crippen molar-refractivity contribution in [1.82, 2.24) is 4.90 Å². The molecule has 0 spiro atoms. The maximum atomic E-state index is 13.5. The predicted octanol–water partition coefficient (Wildman–Crippen LogP) is 1.94. The van der Waals surface area contributed by atoms with Crippen LogP contribution < -0.4 is 5.73 Å². The number of likely N-dealkylation sites (tertiary alicyclic amines) is 1. The largest absolute Gasteiger partial charge is 0.336 e. The summed E-state index contributed by atoms with van der Waals surface area (Å²) in [6.07, 6.45) is 0.927. The SMILES string of the molecule is Cc1ccc(C(=O)N2CC(CN)CC2C)cc1F. The van der Waals surface area contributed by atoms with Crippen molar-refractivity contribution in [3.63, 3.8) is 0 Å². The zero-order valence-corrected chi connectivity index (χ0v) is 10.8. The number of aryl methyl sites for hydroxylation is 1. The summed E-state index contributed by atoms with van der Waals surface area (Å²) in [6, 6.07) is 4.82. The van der Waals surface area contributed by atoms with Crippen LogP contribution in [0, 0.1) is 18.7 Å². The third-order valence-corrected chi connectivity index (χ3v) is 3.67. The second-order valence-electron chi connectivity index (χ2n) is 5.11. The van der Waals surface area contributed by atoms with E-state index < -0.39 is 0 Å². The normalized spacial score (nSPS) is 23.4. The summed E-state index contributed by atoms with van der Waals surface area (Å²) in [5.74, 6) is -0.0697. The number of amides is 1. The number of benzene rings is 1. The summed E-state index contributed by atoms with van der Waals surface area (Å²) < 4.78 is 13.5. The van der Waals surface area contributed by atoms with Gasteiger partial charge in [0.25, 0.3) is 5.91 Å². The summed E-state index contributed by atoms with van der Waals surface area (Å²) >= 11 is 0. The number of hydrogen-bond acceptors (Lipinski definition) is 2. The van der Waals surface area contributed by atoms with E-state index in [0.29, 0.717) is 30.1 Å². The van der Waals surface area contributed by atoms with Crippen molar-refractivity contribution in [2.45, 2.75) is 26.3 Å². The highest BCUT2D eigenvalue weighted by molar-refractivity contribution is 5.94. The molecule has 1 amide bonds. The summed E-state index contributed by atoms with van der Waals surface area (Å²) in [7, 11) is 0. The molecule has 4 heteroatoms. The molecule has 0 radical (unpaired) electrons. The van der Waals surface area contributed by atoms with Crippen LogP contribution in [-0.4, -0.2) is 29.9 Å². The maximum Gasteiger partial charge on any atom is 0.254 e. The predicted molar refractivity (Wildman–Crippen MR) is 68.8 cm³/mol. The molecule has 1 aromatic rings. The monoisotopic (exact) mass is 250 g/mol. The lowest BCUT2D eigenvalue weighted by Gasteiger charge is -2.21. The van der Waals surface area contributed by atoms with Crippen molar-refractivity contribution >= 4 is 5.91 Å². The van der Waals surface area contributed by atoms with Crippen molar-refractivity contribution in [2.24, 2.45) is 11.7 Å². The van der Waals surface area contributed by atoms with E-state index in [1.54, 1.807) is 24.0 Å². The van der Waals surface area contributed by atoms with Crippen LogP contribution in [0.25, 0.3) is 0 Å². The Labute approximate surface area is 107 Å². The highest BCUT2D eigenvalue weighted by Gasteiger charge is 2.32. The highest BCUT2D eigenvalue weighted by Crippen LogP contribution is 2.24. The molecule has 0 saturated carbocycles. The van der Waals surface area contributed by atoms with E-state index >= 15 is 0 Å². The first-order valence-electron chi connectivity index (χ1n) is 6.30. The molecule has 1 saturated heterocycles. The van der Waals surface area contributed by atoms with Crippen LogP contribution in [0.3, 0.4) is 0 Å². The molecule has 2 rings (SSSR count). The van der Waals surface area contributed by atoms with E-state index in [0.717, 1.165) is 6.42 Å². The minimum Gasteiger partial charge on any atom is -0.336 e. The first kappa shape index (κ1) is 13.0. The molecule has 2 N–H and O–H groups in total. The molecule has 1 aromatic carbocycles. The van der Waals surface area contributed by atoms with Crippen molar-refractivity contribution in [3.05, 3.63) is 35.1 Å². The Morgan fingerprint density at radius 3 is 2.83 bits per heavy atom. The number of carbonyl (C=O) groups excluding carboxylic acids is 1. The third kappa shape index (κ3) is 2.38. The maximum absolute atomic E-state index is 13.5. The second kappa shape index (κ2) is 5.06. The number of nitrogens with zero attached hydrogens (tertiary/aromatic N) is 1. The third-order valence-electron chi connectivity index (χ3n) is 3.67. The fraction of sp³-hybridized carbons (Fsp3) is 0.500. The molecule has 0 bridgehead atoms. The van der Waals surface area contributed by atoms with Crippen molar-refractivity contribution in [1.29, 1.82) is 0 Å². The van der Waals surface area contributed by atoms with E-state index in [1.807, 2.05) is 6.92 Å². The Bertz CT molecular complexity index is 461. The fourth-order valence-corrected chi connectivity index (χ4v) is 2.49. The van der Waals surface area contributed by atoms with Gasteiger partial charge in [0, 0.05) is 18.2 Å². The van der Waals surface area contributed by atoms with Crippen LogP contribution >= 0.6 is 0 Å². The molecule has 2 atom stereocenters. The molecular weight excluding hydrogens is 231 g/mol. The van der Waals surface area contributed by atoms with E-state index in [4.69, 9.17) is 5.73 Å². The quantitative estimate of drug-likeness (QED) is 0.872. The molecule has 0 aromatic heterocycles. The number of hydrogen-bond donors (Lipinski definition) is 1. The molecule has 18 heavy (non-hydrogen) atoms. The fourth-order valence-electron chi connectivity index (χ4n) is 2.49. The molecule has 2 unspecified atom stereocenters. The Balaban J connectivity index is 2.18. The average Bonchev–Trinajstić information content (AvgIpc) is 2.73. The van der Waals surface area contributed by atoms with Gasteiger partial charge in [0.05, 0.1) is 0 Å². The molecule has 1 aliphatic rings. The van der Waals surface area contributed by atoms with E-state index in [2.05, 4.69) is 0 Å². The number of rotatable bonds is 2. The van der Waals surface area contributed by atoms with Crippen LogP contribution in [0.15, 0.2) is 18.2 Å².